The average Bonchev–Trinajstić information content (AvgIpc) is 2.67. The topological polar surface area (TPSA) is 26.3 Å². The highest BCUT2D eigenvalue weighted by Gasteiger charge is 2.37. The van der Waals surface area contributed by atoms with E-state index in [-0.39, 0.29) is 5.78 Å². The Bertz CT molecular complexity index is 411. The fraction of sp³-hybridized carbons (Fsp3) is 0.588. The van der Waals surface area contributed by atoms with Crippen LogP contribution in [-0.4, -0.2) is 18.5 Å². The molecular formula is C17H24O2. The third-order valence-corrected chi connectivity index (χ3v) is 4.30. The molecular weight excluding hydrogens is 236 g/mol. The molecule has 0 saturated heterocycles. The Kier molecular flexibility index (Phi) is 4.76. The van der Waals surface area contributed by atoms with Crippen molar-refractivity contribution < 1.29 is 9.53 Å². The van der Waals surface area contributed by atoms with Crippen molar-refractivity contribution in [1.82, 2.24) is 0 Å². The fourth-order valence-corrected chi connectivity index (χ4v) is 2.95. The summed E-state index contributed by atoms with van der Waals surface area (Å²) in [6.07, 6.45) is 6.92. The van der Waals surface area contributed by atoms with E-state index in [9.17, 15) is 4.79 Å². The third kappa shape index (κ3) is 3.44. The van der Waals surface area contributed by atoms with Crippen molar-refractivity contribution in [1.29, 1.82) is 0 Å². The first-order chi connectivity index (χ1) is 9.16. The molecule has 0 aromatic heterocycles. The van der Waals surface area contributed by atoms with E-state index in [1.54, 1.807) is 7.11 Å². The molecule has 1 fully saturated rings. The minimum atomic E-state index is -0.526. The molecule has 1 aliphatic rings. The Morgan fingerprint density at radius 3 is 2.21 bits per heavy atom. The molecule has 0 atom stereocenters. The molecule has 2 nitrogen and oxygen atoms in total. The van der Waals surface area contributed by atoms with Crippen LogP contribution in [-0.2, 0) is 16.0 Å². The predicted molar refractivity (Wildman–Crippen MR) is 77.3 cm³/mol. The van der Waals surface area contributed by atoms with Crippen LogP contribution in [0.4, 0.5) is 0 Å². The van der Waals surface area contributed by atoms with Gasteiger partial charge in [0.15, 0.2) is 5.78 Å². The van der Waals surface area contributed by atoms with E-state index in [1.165, 1.54) is 18.4 Å². The molecule has 0 N–H and O–H groups in total. The predicted octanol–water partition coefficient (Wildman–Crippen LogP) is 3.85. The summed E-state index contributed by atoms with van der Waals surface area (Å²) in [5.74, 6) is 0.251. The summed E-state index contributed by atoms with van der Waals surface area (Å²) < 4.78 is 5.67. The molecule has 104 valence electrons. The molecule has 1 saturated carbocycles. The minimum Gasteiger partial charge on any atom is -0.370 e. The number of benzene rings is 1. The highest BCUT2D eigenvalue weighted by atomic mass is 16.5. The average molecular weight is 260 g/mol. The van der Waals surface area contributed by atoms with Crippen LogP contribution in [0.5, 0.6) is 0 Å². The van der Waals surface area contributed by atoms with Crippen molar-refractivity contribution in [2.75, 3.05) is 7.11 Å². The van der Waals surface area contributed by atoms with E-state index in [1.807, 2.05) is 12.1 Å². The molecule has 0 bridgehead atoms. The monoisotopic (exact) mass is 260 g/mol. The zero-order valence-electron chi connectivity index (χ0n) is 12.1. The standard InChI is InChI=1S/C17H24O2/c1-14-7-9-15(10-8-14)13-16(18)17(19-2)11-5-3-4-6-12-17/h7-10H,3-6,11-13H2,1-2H3. The summed E-state index contributed by atoms with van der Waals surface area (Å²) in [5, 5.41) is 0. The van der Waals surface area contributed by atoms with Crippen molar-refractivity contribution in [3.63, 3.8) is 0 Å². The summed E-state index contributed by atoms with van der Waals surface area (Å²) in [6, 6.07) is 8.23. The summed E-state index contributed by atoms with van der Waals surface area (Å²) in [7, 11) is 1.69. The van der Waals surface area contributed by atoms with Gasteiger partial charge in [0.2, 0.25) is 0 Å². The van der Waals surface area contributed by atoms with Crippen LogP contribution >= 0.6 is 0 Å². The molecule has 0 heterocycles. The van der Waals surface area contributed by atoms with Crippen LogP contribution < -0.4 is 0 Å². The minimum absolute atomic E-state index is 0.251. The second kappa shape index (κ2) is 6.33. The lowest BCUT2D eigenvalue weighted by Crippen LogP contribution is -2.41. The Balaban J connectivity index is 2.09. The maximum Gasteiger partial charge on any atom is 0.168 e. The summed E-state index contributed by atoms with van der Waals surface area (Å²) in [5.41, 5.74) is 1.80. The molecule has 0 aliphatic heterocycles. The van der Waals surface area contributed by atoms with Crippen LogP contribution in [0.25, 0.3) is 0 Å². The van der Waals surface area contributed by atoms with E-state index in [0.717, 1.165) is 31.2 Å². The fourth-order valence-electron chi connectivity index (χ4n) is 2.95. The van der Waals surface area contributed by atoms with Gasteiger partial charge in [-0.05, 0) is 25.3 Å². The number of Topliss-reactive ketones (excluding diaryl/α,β-unsaturated/α-hetero) is 1. The number of carbonyl (C=O) groups excluding carboxylic acids is 1. The number of hydrogen-bond acceptors (Lipinski definition) is 2. The second-order valence-electron chi connectivity index (χ2n) is 5.70. The quantitative estimate of drug-likeness (QED) is 0.769. The number of carbonyl (C=O) groups is 1. The number of ketones is 1. The Morgan fingerprint density at radius 1 is 1.11 bits per heavy atom. The molecule has 2 heteroatoms. The van der Waals surface area contributed by atoms with Gasteiger partial charge in [-0.1, -0.05) is 55.5 Å². The van der Waals surface area contributed by atoms with Gasteiger partial charge in [0.25, 0.3) is 0 Å². The zero-order chi connectivity index (χ0) is 13.7. The van der Waals surface area contributed by atoms with Crippen molar-refractivity contribution >= 4 is 5.78 Å². The first-order valence-corrected chi connectivity index (χ1v) is 7.30. The Morgan fingerprint density at radius 2 is 1.68 bits per heavy atom. The molecule has 1 aromatic carbocycles. The molecule has 0 radical (unpaired) electrons. The van der Waals surface area contributed by atoms with Crippen molar-refractivity contribution in [3.8, 4) is 0 Å². The normalized spacial score (nSPS) is 18.8. The number of hydrogen-bond donors (Lipinski definition) is 0. The zero-order valence-corrected chi connectivity index (χ0v) is 12.1. The summed E-state index contributed by atoms with van der Waals surface area (Å²) in [4.78, 5) is 12.6. The van der Waals surface area contributed by atoms with Crippen LogP contribution in [0.1, 0.15) is 49.7 Å². The van der Waals surface area contributed by atoms with E-state index in [2.05, 4.69) is 19.1 Å². The highest BCUT2D eigenvalue weighted by Crippen LogP contribution is 2.31. The van der Waals surface area contributed by atoms with Crippen molar-refractivity contribution in [3.05, 3.63) is 35.4 Å². The summed E-state index contributed by atoms with van der Waals surface area (Å²) >= 11 is 0. The third-order valence-electron chi connectivity index (χ3n) is 4.30. The van der Waals surface area contributed by atoms with E-state index in [4.69, 9.17) is 4.74 Å². The van der Waals surface area contributed by atoms with Gasteiger partial charge in [-0.15, -0.1) is 0 Å². The molecule has 0 spiro atoms. The number of aryl methyl sites for hydroxylation is 1. The van der Waals surface area contributed by atoms with Gasteiger partial charge >= 0.3 is 0 Å². The molecule has 1 aromatic rings. The largest absolute Gasteiger partial charge is 0.370 e. The van der Waals surface area contributed by atoms with Crippen molar-refractivity contribution in [2.24, 2.45) is 0 Å². The van der Waals surface area contributed by atoms with E-state index in [0.29, 0.717) is 6.42 Å². The molecule has 2 rings (SSSR count). The van der Waals surface area contributed by atoms with Gasteiger partial charge in [-0.25, -0.2) is 0 Å². The smallest absolute Gasteiger partial charge is 0.168 e. The van der Waals surface area contributed by atoms with Crippen LogP contribution in [0, 0.1) is 6.92 Å². The van der Waals surface area contributed by atoms with Crippen LogP contribution in [0.15, 0.2) is 24.3 Å². The second-order valence-corrected chi connectivity index (χ2v) is 5.70. The number of ether oxygens (including phenoxy) is 1. The maximum absolute atomic E-state index is 12.6. The first kappa shape index (κ1) is 14.3. The number of methoxy groups -OCH3 is 1. The van der Waals surface area contributed by atoms with E-state index < -0.39 is 5.60 Å². The van der Waals surface area contributed by atoms with Gasteiger partial charge in [0.1, 0.15) is 5.60 Å². The highest BCUT2D eigenvalue weighted by molar-refractivity contribution is 5.89. The van der Waals surface area contributed by atoms with Crippen LogP contribution in [0.3, 0.4) is 0 Å². The lowest BCUT2D eigenvalue weighted by molar-refractivity contribution is -0.142. The van der Waals surface area contributed by atoms with Gasteiger partial charge in [0.05, 0.1) is 0 Å². The lowest BCUT2D eigenvalue weighted by Gasteiger charge is -2.29. The van der Waals surface area contributed by atoms with Gasteiger partial charge in [-0.2, -0.15) is 0 Å². The number of rotatable bonds is 4. The van der Waals surface area contributed by atoms with Gasteiger partial charge in [0, 0.05) is 13.5 Å². The Hall–Kier alpha value is -1.15. The van der Waals surface area contributed by atoms with Crippen molar-refractivity contribution in [2.45, 2.75) is 57.5 Å². The van der Waals surface area contributed by atoms with Gasteiger partial charge in [-0.3, -0.25) is 4.79 Å². The molecule has 0 amide bonds. The van der Waals surface area contributed by atoms with Crippen LogP contribution in [0.2, 0.25) is 0 Å². The summed E-state index contributed by atoms with van der Waals surface area (Å²) in [6.45, 7) is 2.06. The SMILES string of the molecule is COC1(C(=O)Cc2ccc(C)cc2)CCCCCC1. The molecule has 0 unspecified atom stereocenters. The molecule has 19 heavy (non-hydrogen) atoms. The lowest BCUT2D eigenvalue weighted by atomic mass is 9.86. The molecule has 1 aliphatic carbocycles. The Labute approximate surface area is 116 Å². The van der Waals surface area contributed by atoms with E-state index >= 15 is 0 Å². The first-order valence-electron chi connectivity index (χ1n) is 7.30. The maximum atomic E-state index is 12.6. The van der Waals surface area contributed by atoms with Gasteiger partial charge < -0.3 is 4.74 Å².